The fourth-order valence-corrected chi connectivity index (χ4v) is 6.15. The van der Waals surface area contributed by atoms with Gasteiger partial charge in [-0.25, -0.2) is 0 Å². The molecule has 38 heavy (non-hydrogen) atoms. The van der Waals surface area contributed by atoms with Crippen molar-refractivity contribution in [2.75, 3.05) is 32.8 Å². The lowest BCUT2D eigenvalue weighted by Crippen LogP contribution is -2.61. The minimum absolute atomic E-state index is 0.252. The van der Waals surface area contributed by atoms with Gasteiger partial charge in [-0.05, 0) is 75.6 Å². The standard InChI is InChI=1S/C30H38N4O4/c1-4-37-25-14-21(13-24(22-7-8-22)27(25)23-6-5-20(2)31-16-23)17-33-18-30(19-33)15-26(32-38-30)34-11-9-29(3,10-12-34)28(35)36/h5-6,13-14,16,22H,4,7-12,15,17-19H2,1-3H3,(H,35,36). The number of oxime groups is 1. The van der Waals surface area contributed by atoms with Crippen LogP contribution in [0, 0.1) is 12.3 Å². The molecule has 1 aromatic carbocycles. The summed E-state index contributed by atoms with van der Waals surface area (Å²) in [6, 6.07) is 8.82. The number of amidine groups is 1. The van der Waals surface area contributed by atoms with Crippen LogP contribution in [0.25, 0.3) is 11.1 Å². The molecule has 1 aliphatic carbocycles. The monoisotopic (exact) mass is 518 g/mol. The second-order valence-electron chi connectivity index (χ2n) is 11.9. The number of pyridine rings is 1. The number of piperidine rings is 1. The fraction of sp³-hybridized carbons (Fsp3) is 0.567. The van der Waals surface area contributed by atoms with Crippen LogP contribution < -0.4 is 4.74 Å². The summed E-state index contributed by atoms with van der Waals surface area (Å²) in [5.74, 6) is 1.82. The lowest BCUT2D eigenvalue weighted by Gasteiger charge is -2.45. The second-order valence-corrected chi connectivity index (χ2v) is 11.9. The zero-order valence-electron chi connectivity index (χ0n) is 22.7. The number of hydrogen-bond acceptors (Lipinski definition) is 7. The third-order valence-corrected chi connectivity index (χ3v) is 8.71. The third kappa shape index (κ3) is 4.75. The first kappa shape index (κ1) is 25.2. The minimum Gasteiger partial charge on any atom is -0.493 e. The molecule has 0 unspecified atom stereocenters. The summed E-state index contributed by atoms with van der Waals surface area (Å²) in [7, 11) is 0. The van der Waals surface area contributed by atoms with Gasteiger partial charge in [0.1, 0.15) is 11.6 Å². The van der Waals surface area contributed by atoms with Crippen molar-refractivity contribution in [2.45, 2.75) is 70.9 Å². The molecule has 2 saturated heterocycles. The molecule has 4 aliphatic rings. The maximum Gasteiger partial charge on any atom is 0.309 e. The van der Waals surface area contributed by atoms with Gasteiger partial charge in [-0.1, -0.05) is 17.3 Å². The van der Waals surface area contributed by atoms with Gasteiger partial charge in [0, 0.05) is 55.7 Å². The second kappa shape index (κ2) is 9.56. The van der Waals surface area contributed by atoms with E-state index >= 15 is 0 Å². The number of hydrogen-bond donors (Lipinski definition) is 1. The van der Waals surface area contributed by atoms with Gasteiger partial charge in [0.05, 0.1) is 18.4 Å². The Morgan fingerprint density at radius 1 is 1.21 bits per heavy atom. The average Bonchev–Trinajstić information content (AvgIpc) is 3.63. The van der Waals surface area contributed by atoms with Crippen LogP contribution in [0.1, 0.15) is 68.7 Å². The van der Waals surface area contributed by atoms with E-state index in [2.05, 4.69) is 44.2 Å². The fourth-order valence-electron chi connectivity index (χ4n) is 6.15. The van der Waals surface area contributed by atoms with Gasteiger partial charge in [-0.3, -0.25) is 14.7 Å². The maximum atomic E-state index is 11.6. The number of ether oxygens (including phenoxy) is 1. The van der Waals surface area contributed by atoms with E-state index in [1.807, 2.05) is 27.0 Å². The summed E-state index contributed by atoms with van der Waals surface area (Å²) in [5, 5.41) is 14.0. The highest BCUT2D eigenvalue weighted by molar-refractivity contribution is 5.85. The van der Waals surface area contributed by atoms with Crippen molar-refractivity contribution < 1.29 is 19.5 Å². The Kier molecular flexibility index (Phi) is 6.33. The molecular weight excluding hydrogens is 480 g/mol. The Bertz CT molecular complexity index is 1240. The normalized spacial score (nSPS) is 22.1. The molecule has 8 nitrogen and oxygen atoms in total. The summed E-state index contributed by atoms with van der Waals surface area (Å²) in [5.41, 5.74) is 5.11. The molecule has 202 valence electrons. The molecule has 1 N–H and O–H groups in total. The smallest absolute Gasteiger partial charge is 0.309 e. The first-order valence-electron chi connectivity index (χ1n) is 14.0. The molecule has 8 heteroatoms. The summed E-state index contributed by atoms with van der Waals surface area (Å²) >= 11 is 0. The number of nitrogens with zero attached hydrogens (tertiary/aromatic N) is 4. The Morgan fingerprint density at radius 2 is 1.97 bits per heavy atom. The number of aromatic nitrogens is 1. The molecule has 1 saturated carbocycles. The molecule has 1 aromatic heterocycles. The number of carbonyl (C=O) groups is 1. The highest BCUT2D eigenvalue weighted by Gasteiger charge is 2.51. The Labute approximate surface area is 224 Å². The van der Waals surface area contributed by atoms with Crippen LogP contribution >= 0.6 is 0 Å². The van der Waals surface area contributed by atoms with Crippen molar-refractivity contribution in [3.8, 4) is 16.9 Å². The molecule has 0 amide bonds. The average molecular weight is 519 g/mol. The van der Waals surface area contributed by atoms with Crippen LogP contribution in [0.2, 0.25) is 0 Å². The predicted molar refractivity (Wildman–Crippen MR) is 145 cm³/mol. The summed E-state index contributed by atoms with van der Waals surface area (Å²) in [6.07, 6.45) is 6.50. The molecule has 0 radical (unpaired) electrons. The summed E-state index contributed by atoms with van der Waals surface area (Å²) < 4.78 is 6.19. The molecular formula is C30H38N4O4. The highest BCUT2D eigenvalue weighted by atomic mass is 16.7. The molecule has 4 heterocycles. The molecule has 1 spiro atoms. The van der Waals surface area contributed by atoms with Crippen LogP contribution in [-0.4, -0.2) is 70.1 Å². The van der Waals surface area contributed by atoms with Crippen molar-refractivity contribution >= 4 is 11.8 Å². The zero-order valence-corrected chi connectivity index (χ0v) is 22.7. The van der Waals surface area contributed by atoms with E-state index in [9.17, 15) is 9.90 Å². The van der Waals surface area contributed by atoms with Crippen LogP contribution in [0.15, 0.2) is 35.6 Å². The van der Waals surface area contributed by atoms with E-state index in [1.54, 1.807) is 0 Å². The van der Waals surface area contributed by atoms with Crippen molar-refractivity contribution in [3.05, 3.63) is 47.3 Å². The first-order chi connectivity index (χ1) is 18.3. The van der Waals surface area contributed by atoms with E-state index in [-0.39, 0.29) is 5.60 Å². The number of aliphatic carboxylic acids is 1. The van der Waals surface area contributed by atoms with Crippen molar-refractivity contribution in [1.82, 2.24) is 14.8 Å². The van der Waals surface area contributed by atoms with Crippen molar-refractivity contribution in [1.29, 1.82) is 0 Å². The molecule has 0 bridgehead atoms. The molecule has 3 aliphatic heterocycles. The minimum atomic E-state index is -0.700. The Balaban J connectivity index is 1.12. The lowest BCUT2D eigenvalue weighted by atomic mass is 9.80. The van der Waals surface area contributed by atoms with Gasteiger partial charge in [0.25, 0.3) is 0 Å². The number of carboxylic acid groups (broad SMARTS) is 1. The van der Waals surface area contributed by atoms with Gasteiger partial charge in [0.2, 0.25) is 0 Å². The zero-order chi connectivity index (χ0) is 26.5. The van der Waals surface area contributed by atoms with Crippen LogP contribution in [0.5, 0.6) is 5.75 Å². The number of benzene rings is 1. The van der Waals surface area contributed by atoms with E-state index in [0.29, 0.717) is 25.4 Å². The lowest BCUT2D eigenvalue weighted by molar-refractivity contribution is -0.150. The number of aryl methyl sites for hydroxylation is 1. The summed E-state index contributed by atoms with van der Waals surface area (Å²) in [4.78, 5) is 26.8. The van der Waals surface area contributed by atoms with E-state index in [4.69, 9.17) is 9.57 Å². The largest absolute Gasteiger partial charge is 0.493 e. The van der Waals surface area contributed by atoms with Gasteiger partial charge in [0.15, 0.2) is 5.60 Å². The van der Waals surface area contributed by atoms with E-state index in [1.165, 1.54) is 29.5 Å². The quantitative estimate of drug-likeness (QED) is 0.563. The molecule has 6 rings (SSSR count). The van der Waals surface area contributed by atoms with Crippen molar-refractivity contribution in [3.63, 3.8) is 0 Å². The Morgan fingerprint density at radius 3 is 2.61 bits per heavy atom. The van der Waals surface area contributed by atoms with Gasteiger partial charge < -0.3 is 19.6 Å². The van der Waals surface area contributed by atoms with Gasteiger partial charge >= 0.3 is 5.97 Å². The number of rotatable bonds is 7. The topological polar surface area (TPSA) is 87.5 Å². The number of carboxylic acids is 1. The SMILES string of the molecule is CCOc1cc(CN2CC3(CC(N4CCC(C)(C(=O)O)CC4)=NO3)C2)cc(C2CC2)c1-c1ccc(C)nc1. The van der Waals surface area contributed by atoms with Gasteiger partial charge in [-0.15, -0.1) is 0 Å². The predicted octanol–water partition coefficient (Wildman–Crippen LogP) is 4.81. The van der Waals surface area contributed by atoms with E-state index < -0.39 is 11.4 Å². The molecule has 0 atom stereocenters. The first-order valence-corrected chi connectivity index (χ1v) is 14.0. The van der Waals surface area contributed by atoms with Crippen LogP contribution in [-0.2, 0) is 16.2 Å². The van der Waals surface area contributed by atoms with Crippen LogP contribution in [0.4, 0.5) is 0 Å². The van der Waals surface area contributed by atoms with Crippen LogP contribution in [0.3, 0.4) is 0 Å². The third-order valence-electron chi connectivity index (χ3n) is 8.71. The number of likely N-dealkylation sites (tertiary alicyclic amines) is 2. The van der Waals surface area contributed by atoms with Gasteiger partial charge in [-0.2, -0.15) is 0 Å². The molecule has 2 aromatic rings. The maximum absolute atomic E-state index is 11.6. The van der Waals surface area contributed by atoms with E-state index in [0.717, 1.165) is 62.0 Å². The van der Waals surface area contributed by atoms with Crippen molar-refractivity contribution in [2.24, 2.45) is 10.6 Å². The summed E-state index contributed by atoms with van der Waals surface area (Å²) in [6.45, 7) is 10.5. The molecule has 3 fully saturated rings. The highest BCUT2D eigenvalue weighted by Crippen LogP contribution is 2.48. The Hall–Kier alpha value is -3.13.